The zero-order valence-corrected chi connectivity index (χ0v) is 21.9. The fourth-order valence-corrected chi connectivity index (χ4v) is 6.13. The van der Waals surface area contributed by atoms with E-state index in [4.69, 9.17) is 4.74 Å². The summed E-state index contributed by atoms with van der Waals surface area (Å²) >= 11 is 0. The molecule has 1 saturated carbocycles. The highest BCUT2D eigenvalue weighted by atomic mass is 16.6. The Kier molecular flexibility index (Phi) is 7.10. The van der Waals surface area contributed by atoms with E-state index in [0.29, 0.717) is 24.1 Å². The molecular weight excluding hydrogens is 484 g/mol. The average molecular weight is 519 g/mol. The molecule has 5 amide bonds. The number of ether oxygens (including phenoxy) is 1. The molecule has 1 spiro atoms. The van der Waals surface area contributed by atoms with E-state index in [1.807, 2.05) is 42.2 Å². The van der Waals surface area contributed by atoms with Gasteiger partial charge in [0.15, 0.2) is 0 Å². The molecule has 2 aromatic carbocycles. The predicted octanol–water partition coefficient (Wildman–Crippen LogP) is 4.48. The molecule has 2 aliphatic carbocycles. The third-order valence-corrected chi connectivity index (χ3v) is 8.09. The van der Waals surface area contributed by atoms with Gasteiger partial charge in [-0.25, -0.2) is 14.5 Å². The van der Waals surface area contributed by atoms with Gasteiger partial charge in [-0.2, -0.15) is 0 Å². The molecule has 2 N–H and O–H groups in total. The number of amides is 5. The Hall–Kier alpha value is -3.88. The monoisotopic (exact) mass is 518 g/mol. The number of carbonyl (C=O) groups is 4. The van der Waals surface area contributed by atoms with E-state index in [2.05, 4.69) is 10.6 Å². The molecule has 0 radical (unpaired) electrons. The number of anilines is 1. The number of hydrogen-bond acceptors (Lipinski definition) is 5. The van der Waals surface area contributed by atoms with Crippen LogP contribution in [0.5, 0.6) is 0 Å². The minimum absolute atomic E-state index is 0.0626. The second kappa shape index (κ2) is 10.5. The van der Waals surface area contributed by atoms with Gasteiger partial charge in [0.05, 0.1) is 6.04 Å². The van der Waals surface area contributed by atoms with Crippen molar-refractivity contribution in [2.24, 2.45) is 0 Å². The number of fused-ring (bicyclic) bond motifs is 2. The molecule has 2 atom stereocenters. The van der Waals surface area contributed by atoms with Crippen LogP contribution in [0, 0.1) is 0 Å². The van der Waals surface area contributed by atoms with Crippen molar-refractivity contribution in [1.82, 2.24) is 15.1 Å². The molecule has 200 valence electrons. The maximum Gasteiger partial charge on any atom is 0.418 e. The highest BCUT2D eigenvalue weighted by Crippen LogP contribution is 2.46. The van der Waals surface area contributed by atoms with Crippen LogP contribution in [0.2, 0.25) is 0 Å². The molecule has 9 nitrogen and oxygen atoms in total. The van der Waals surface area contributed by atoms with Crippen molar-refractivity contribution >= 4 is 29.6 Å². The molecule has 9 heteroatoms. The standard InChI is InChI=1S/C29H34N4O5/c1-19(20-9-5-3-6-10-20)33(23-11-7-4-8-12-23)25(34)18-32-26(35)29(38-28(32)37)16-15-21-17-22(13-14-24(21)29)31-27(36)30-2/h3,5-6,9-10,13-14,17,19,23H,4,7-8,11-12,15-16,18H2,1-2H3,(H2,30,31,36)/t19?,29-/m1/s1. The van der Waals surface area contributed by atoms with Gasteiger partial charge in [-0.05, 0) is 49.4 Å². The molecule has 2 aromatic rings. The van der Waals surface area contributed by atoms with Crippen molar-refractivity contribution in [3.63, 3.8) is 0 Å². The first kappa shape index (κ1) is 25.8. The summed E-state index contributed by atoms with van der Waals surface area (Å²) in [4.78, 5) is 55.1. The van der Waals surface area contributed by atoms with E-state index in [0.717, 1.165) is 48.1 Å². The molecule has 1 aliphatic heterocycles. The van der Waals surface area contributed by atoms with Gasteiger partial charge in [0, 0.05) is 30.8 Å². The van der Waals surface area contributed by atoms with Gasteiger partial charge in [0.1, 0.15) is 6.54 Å². The van der Waals surface area contributed by atoms with Gasteiger partial charge >= 0.3 is 12.1 Å². The minimum atomic E-state index is -1.43. The summed E-state index contributed by atoms with van der Waals surface area (Å²) in [5.41, 5.74) is 1.61. The molecule has 2 fully saturated rings. The van der Waals surface area contributed by atoms with Gasteiger partial charge in [0.25, 0.3) is 5.91 Å². The second-order valence-electron chi connectivity index (χ2n) is 10.3. The summed E-state index contributed by atoms with van der Waals surface area (Å²) in [5, 5.41) is 5.22. The van der Waals surface area contributed by atoms with Crippen LogP contribution in [0.1, 0.15) is 68.2 Å². The first-order chi connectivity index (χ1) is 18.3. The Morgan fingerprint density at radius 2 is 1.84 bits per heavy atom. The summed E-state index contributed by atoms with van der Waals surface area (Å²) in [6, 6.07) is 14.6. The Labute approximate surface area is 222 Å². The number of hydrogen-bond donors (Lipinski definition) is 2. The Morgan fingerprint density at radius 3 is 2.55 bits per heavy atom. The number of imide groups is 1. The number of aryl methyl sites for hydroxylation is 1. The topological polar surface area (TPSA) is 108 Å². The largest absolute Gasteiger partial charge is 0.427 e. The summed E-state index contributed by atoms with van der Waals surface area (Å²) in [7, 11) is 1.53. The summed E-state index contributed by atoms with van der Waals surface area (Å²) in [5.74, 6) is -0.753. The van der Waals surface area contributed by atoms with E-state index in [9.17, 15) is 19.2 Å². The number of nitrogens with one attached hydrogen (secondary N) is 2. The molecule has 1 unspecified atom stereocenters. The summed E-state index contributed by atoms with van der Waals surface area (Å²) in [6.45, 7) is 1.66. The van der Waals surface area contributed by atoms with Crippen molar-refractivity contribution in [3.05, 3.63) is 65.2 Å². The summed E-state index contributed by atoms with van der Waals surface area (Å²) < 4.78 is 5.74. The lowest BCUT2D eigenvalue weighted by Crippen LogP contribution is -2.49. The molecule has 5 rings (SSSR count). The van der Waals surface area contributed by atoms with Crippen molar-refractivity contribution < 1.29 is 23.9 Å². The molecule has 1 saturated heterocycles. The van der Waals surface area contributed by atoms with Crippen molar-refractivity contribution in [2.75, 3.05) is 18.9 Å². The third-order valence-electron chi connectivity index (χ3n) is 8.09. The van der Waals surface area contributed by atoms with Gasteiger partial charge in [-0.15, -0.1) is 0 Å². The van der Waals surface area contributed by atoms with Crippen LogP contribution in [0.4, 0.5) is 15.3 Å². The highest BCUT2D eigenvalue weighted by molar-refractivity contribution is 6.06. The van der Waals surface area contributed by atoms with Gasteiger partial charge in [-0.3, -0.25) is 9.59 Å². The van der Waals surface area contributed by atoms with E-state index in [1.165, 1.54) is 7.05 Å². The first-order valence-corrected chi connectivity index (χ1v) is 13.4. The maximum atomic E-state index is 13.8. The van der Waals surface area contributed by atoms with Gasteiger partial charge in [-0.1, -0.05) is 55.7 Å². The smallest absolute Gasteiger partial charge is 0.418 e. The second-order valence-corrected chi connectivity index (χ2v) is 10.3. The Morgan fingerprint density at radius 1 is 1.11 bits per heavy atom. The van der Waals surface area contributed by atoms with Crippen LogP contribution in [-0.4, -0.2) is 53.4 Å². The molecule has 0 bridgehead atoms. The van der Waals surface area contributed by atoms with Crippen LogP contribution < -0.4 is 10.6 Å². The van der Waals surface area contributed by atoms with E-state index in [1.54, 1.807) is 18.2 Å². The van der Waals surface area contributed by atoms with Crippen LogP contribution >= 0.6 is 0 Å². The number of nitrogens with zero attached hydrogens (tertiary/aromatic N) is 2. The van der Waals surface area contributed by atoms with Crippen molar-refractivity contribution in [1.29, 1.82) is 0 Å². The molecule has 1 heterocycles. The molecule has 0 aromatic heterocycles. The Balaban J connectivity index is 1.37. The fraction of sp³-hybridized carbons (Fsp3) is 0.448. The normalized spacial score (nSPS) is 21.7. The zero-order valence-electron chi connectivity index (χ0n) is 21.9. The third kappa shape index (κ3) is 4.61. The maximum absolute atomic E-state index is 13.8. The molecule has 38 heavy (non-hydrogen) atoms. The van der Waals surface area contributed by atoms with Crippen molar-refractivity contribution in [2.45, 2.75) is 69.6 Å². The first-order valence-electron chi connectivity index (χ1n) is 13.4. The zero-order chi connectivity index (χ0) is 26.9. The number of benzene rings is 2. The SMILES string of the molecule is CNC(=O)Nc1ccc2c(c1)CC[C@@]21OC(=O)N(CC(=O)N(C2CCCCC2)C(C)c2ccccc2)C1=O. The lowest BCUT2D eigenvalue weighted by atomic mass is 9.92. The minimum Gasteiger partial charge on any atom is -0.427 e. The van der Waals surface area contributed by atoms with Crippen LogP contribution in [-0.2, 0) is 26.3 Å². The highest BCUT2D eigenvalue weighted by Gasteiger charge is 2.58. The van der Waals surface area contributed by atoms with E-state index in [-0.39, 0.29) is 30.6 Å². The molecule has 3 aliphatic rings. The van der Waals surface area contributed by atoms with E-state index < -0.39 is 17.6 Å². The van der Waals surface area contributed by atoms with Gasteiger partial charge in [0.2, 0.25) is 11.5 Å². The van der Waals surface area contributed by atoms with Crippen LogP contribution in [0.25, 0.3) is 0 Å². The molecular formula is C29H34N4O5. The quantitative estimate of drug-likeness (QED) is 0.586. The van der Waals surface area contributed by atoms with Crippen molar-refractivity contribution in [3.8, 4) is 0 Å². The lowest BCUT2D eigenvalue weighted by molar-refractivity contribution is -0.144. The Bertz CT molecular complexity index is 1240. The van der Waals surface area contributed by atoms with E-state index >= 15 is 0 Å². The average Bonchev–Trinajstić information content (AvgIpc) is 3.41. The van der Waals surface area contributed by atoms with Crippen LogP contribution in [0.3, 0.4) is 0 Å². The lowest BCUT2D eigenvalue weighted by Gasteiger charge is -2.39. The predicted molar refractivity (Wildman–Crippen MR) is 141 cm³/mol. The fourth-order valence-electron chi connectivity index (χ4n) is 6.13. The summed E-state index contributed by atoms with van der Waals surface area (Å²) in [6.07, 6.45) is 5.09. The number of urea groups is 1. The number of rotatable bonds is 6. The van der Waals surface area contributed by atoms with Crippen LogP contribution in [0.15, 0.2) is 48.5 Å². The van der Waals surface area contributed by atoms with Gasteiger partial charge < -0.3 is 20.3 Å². The number of carbonyl (C=O) groups excluding carboxylic acids is 4.